The highest BCUT2D eigenvalue weighted by atomic mass is 16.5. The lowest BCUT2D eigenvalue weighted by atomic mass is 10.3. The van der Waals surface area contributed by atoms with Crippen molar-refractivity contribution in [3.63, 3.8) is 0 Å². The van der Waals surface area contributed by atoms with Crippen molar-refractivity contribution in [1.82, 2.24) is 5.16 Å². The molecule has 0 spiro atoms. The Morgan fingerprint density at radius 1 is 1.58 bits per heavy atom. The molecule has 1 heterocycles. The van der Waals surface area contributed by atoms with Crippen LogP contribution in [0.15, 0.2) is 10.6 Å². The molecule has 1 rings (SSSR count). The molecule has 0 radical (unpaired) electrons. The zero-order valence-electron chi connectivity index (χ0n) is 6.66. The smallest absolute Gasteiger partial charge is 0.376 e. The lowest BCUT2D eigenvalue weighted by Gasteiger charge is -1.88. The summed E-state index contributed by atoms with van der Waals surface area (Å²) in [5.41, 5.74) is 0.121. The average Bonchev–Trinajstić information content (AvgIpc) is 2.51. The highest BCUT2D eigenvalue weighted by Crippen LogP contribution is 2.04. The van der Waals surface area contributed by atoms with Gasteiger partial charge in [-0.05, 0) is 0 Å². The molecule has 0 aromatic carbocycles. The monoisotopic (exact) mass is 169 g/mol. The molecule has 0 unspecified atom stereocenters. The van der Waals surface area contributed by atoms with Gasteiger partial charge >= 0.3 is 5.97 Å². The van der Waals surface area contributed by atoms with Crippen molar-refractivity contribution in [2.75, 3.05) is 7.11 Å². The summed E-state index contributed by atoms with van der Waals surface area (Å²) in [7, 11) is 1.22. The van der Waals surface area contributed by atoms with Crippen LogP contribution in [-0.4, -0.2) is 24.0 Å². The van der Waals surface area contributed by atoms with Gasteiger partial charge in [0.1, 0.15) is 5.69 Å². The van der Waals surface area contributed by atoms with Crippen molar-refractivity contribution in [3.8, 4) is 0 Å². The summed E-state index contributed by atoms with van der Waals surface area (Å²) in [4.78, 5) is 21.5. The zero-order valence-corrected chi connectivity index (χ0v) is 6.66. The summed E-state index contributed by atoms with van der Waals surface area (Å²) >= 11 is 0. The van der Waals surface area contributed by atoms with Crippen LogP contribution >= 0.6 is 0 Å². The van der Waals surface area contributed by atoms with Crippen molar-refractivity contribution >= 4 is 11.8 Å². The zero-order chi connectivity index (χ0) is 9.14. The second-order valence-electron chi connectivity index (χ2n) is 2.12. The van der Waals surface area contributed by atoms with Gasteiger partial charge in [0.05, 0.1) is 7.11 Å². The summed E-state index contributed by atoms with van der Waals surface area (Å²) in [5.74, 6) is -0.966. The standard InChI is InChI=1S/C7H7NO4/c1-4(9)5-3-6(12-8-5)7(10)11-2/h3H,1-2H3. The van der Waals surface area contributed by atoms with E-state index in [2.05, 4.69) is 14.4 Å². The molecular weight excluding hydrogens is 162 g/mol. The minimum Gasteiger partial charge on any atom is -0.463 e. The normalized spacial score (nSPS) is 9.50. The average molecular weight is 169 g/mol. The number of nitrogens with zero attached hydrogens (tertiary/aromatic N) is 1. The molecule has 5 nitrogen and oxygen atoms in total. The number of esters is 1. The van der Waals surface area contributed by atoms with Gasteiger partial charge in [0.25, 0.3) is 0 Å². The SMILES string of the molecule is COC(=O)c1cc(C(C)=O)no1. The van der Waals surface area contributed by atoms with E-state index >= 15 is 0 Å². The number of hydrogen-bond acceptors (Lipinski definition) is 5. The number of Topliss-reactive ketones (excluding diaryl/α,β-unsaturated/α-hetero) is 1. The van der Waals surface area contributed by atoms with E-state index in [0.717, 1.165) is 0 Å². The molecule has 0 amide bonds. The molecule has 5 heteroatoms. The third-order valence-corrected chi connectivity index (χ3v) is 1.26. The highest BCUT2D eigenvalue weighted by molar-refractivity contribution is 5.95. The summed E-state index contributed by atoms with van der Waals surface area (Å²) in [5, 5.41) is 3.36. The second-order valence-corrected chi connectivity index (χ2v) is 2.12. The molecule has 0 aliphatic carbocycles. The van der Waals surface area contributed by atoms with Crippen LogP contribution < -0.4 is 0 Å². The molecule has 12 heavy (non-hydrogen) atoms. The lowest BCUT2D eigenvalue weighted by Crippen LogP contribution is -1.98. The molecule has 0 bridgehead atoms. The van der Waals surface area contributed by atoms with Gasteiger partial charge in [0, 0.05) is 13.0 Å². The van der Waals surface area contributed by atoms with Crippen molar-refractivity contribution in [2.45, 2.75) is 6.92 Å². The fourth-order valence-electron chi connectivity index (χ4n) is 0.638. The van der Waals surface area contributed by atoms with Crippen molar-refractivity contribution in [3.05, 3.63) is 17.5 Å². The number of hydrogen-bond donors (Lipinski definition) is 0. The number of rotatable bonds is 2. The van der Waals surface area contributed by atoms with E-state index in [1.807, 2.05) is 0 Å². The summed E-state index contributed by atoms with van der Waals surface area (Å²) in [6, 6.07) is 1.24. The minimum absolute atomic E-state index is 0.0669. The molecule has 64 valence electrons. The van der Waals surface area contributed by atoms with E-state index < -0.39 is 5.97 Å². The third-order valence-electron chi connectivity index (χ3n) is 1.26. The van der Waals surface area contributed by atoms with Crippen LogP contribution in [0.5, 0.6) is 0 Å². The van der Waals surface area contributed by atoms with E-state index in [1.54, 1.807) is 0 Å². The van der Waals surface area contributed by atoms with Gasteiger partial charge in [0.15, 0.2) is 5.78 Å². The summed E-state index contributed by atoms with van der Waals surface area (Å²) in [6.07, 6.45) is 0. The Balaban J connectivity index is 2.91. The molecule has 0 N–H and O–H groups in total. The van der Waals surface area contributed by atoms with E-state index in [4.69, 9.17) is 0 Å². The van der Waals surface area contributed by atoms with E-state index in [0.29, 0.717) is 0 Å². The molecule has 0 saturated carbocycles. The van der Waals surface area contributed by atoms with Crippen LogP contribution in [0.3, 0.4) is 0 Å². The van der Waals surface area contributed by atoms with Crippen LogP contribution in [0.1, 0.15) is 28.0 Å². The number of aromatic nitrogens is 1. The number of ether oxygens (including phenoxy) is 1. The van der Waals surface area contributed by atoms with Crippen molar-refractivity contribution < 1.29 is 18.8 Å². The number of carbonyl (C=O) groups is 2. The van der Waals surface area contributed by atoms with Gasteiger partial charge in [-0.25, -0.2) is 4.79 Å². The molecule has 0 atom stereocenters. The minimum atomic E-state index is -0.644. The quantitative estimate of drug-likeness (QED) is 0.480. The lowest BCUT2D eigenvalue weighted by molar-refractivity contribution is 0.0554. The maximum Gasteiger partial charge on any atom is 0.376 e. The Bertz CT molecular complexity index is 315. The van der Waals surface area contributed by atoms with Gasteiger partial charge in [-0.3, -0.25) is 4.79 Å². The maximum absolute atomic E-state index is 10.8. The number of carbonyl (C=O) groups excluding carboxylic acids is 2. The van der Waals surface area contributed by atoms with Crippen LogP contribution in [0.25, 0.3) is 0 Å². The number of ketones is 1. The van der Waals surface area contributed by atoms with Gasteiger partial charge in [-0.1, -0.05) is 5.16 Å². The largest absolute Gasteiger partial charge is 0.463 e. The fourth-order valence-corrected chi connectivity index (χ4v) is 0.638. The molecule has 0 fully saturated rings. The van der Waals surface area contributed by atoms with Gasteiger partial charge in [-0.2, -0.15) is 0 Å². The second kappa shape index (κ2) is 3.17. The predicted octanol–water partition coefficient (Wildman–Crippen LogP) is 0.664. The predicted molar refractivity (Wildman–Crippen MR) is 37.8 cm³/mol. The third kappa shape index (κ3) is 1.50. The molecule has 0 aliphatic rings. The van der Waals surface area contributed by atoms with Crippen LogP contribution in [0.2, 0.25) is 0 Å². The first-order valence-electron chi connectivity index (χ1n) is 3.21. The Hall–Kier alpha value is -1.65. The topological polar surface area (TPSA) is 69.4 Å². The Morgan fingerprint density at radius 3 is 2.67 bits per heavy atom. The first-order chi connectivity index (χ1) is 5.65. The van der Waals surface area contributed by atoms with E-state index in [-0.39, 0.29) is 17.2 Å². The first kappa shape index (κ1) is 8.45. The first-order valence-corrected chi connectivity index (χ1v) is 3.21. The molecule has 1 aromatic heterocycles. The van der Waals surface area contributed by atoms with Crippen molar-refractivity contribution in [1.29, 1.82) is 0 Å². The van der Waals surface area contributed by atoms with Gasteiger partial charge in [0.2, 0.25) is 5.76 Å². The summed E-state index contributed by atoms with van der Waals surface area (Å²) < 4.78 is 8.88. The Kier molecular flexibility index (Phi) is 2.23. The molecule has 0 saturated heterocycles. The Labute approximate surface area is 68.3 Å². The van der Waals surface area contributed by atoms with Crippen LogP contribution in [-0.2, 0) is 4.74 Å². The van der Waals surface area contributed by atoms with E-state index in [1.165, 1.54) is 20.1 Å². The molecule has 1 aromatic rings. The number of methoxy groups -OCH3 is 1. The highest BCUT2D eigenvalue weighted by Gasteiger charge is 2.14. The van der Waals surface area contributed by atoms with Crippen molar-refractivity contribution in [2.24, 2.45) is 0 Å². The van der Waals surface area contributed by atoms with Gasteiger partial charge < -0.3 is 9.26 Å². The van der Waals surface area contributed by atoms with Crippen LogP contribution in [0, 0.1) is 0 Å². The Morgan fingerprint density at radius 2 is 2.25 bits per heavy atom. The van der Waals surface area contributed by atoms with Gasteiger partial charge in [-0.15, -0.1) is 0 Å². The van der Waals surface area contributed by atoms with E-state index in [9.17, 15) is 9.59 Å². The fraction of sp³-hybridized carbons (Fsp3) is 0.286. The molecular formula is C7H7NO4. The summed E-state index contributed by atoms with van der Waals surface area (Å²) in [6.45, 7) is 1.33. The molecule has 0 aliphatic heterocycles. The van der Waals surface area contributed by atoms with Crippen LogP contribution in [0.4, 0.5) is 0 Å². The maximum atomic E-state index is 10.8.